The number of para-hydroxylation sites is 1. The van der Waals surface area contributed by atoms with E-state index in [0.717, 1.165) is 45.2 Å². The van der Waals surface area contributed by atoms with Crippen LogP contribution in [-0.2, 0) is 0 Å². The molecule has 4 heterocycles. The highest BCUT2D eigenvalue weighted by atomic mass is 32.1. The molecule has 0 aliphatic carbocycles. The minimum atomic E-state index is -0.435. The maximum atomic E-state index is 5.08. The molecule has 0 saturated carbocycles. The van der Waals surface area contributed by atoms with Crippen molar-refractivity contribution in [1.82, 2.24) is 14.9 Å². The Bertz CT molecular complexity index is 2720. The van der Waals surface area contributed by atoms with Crippen LogP contribution >= 0.6 is 11.3 Å². The number of amidine groups is 2. The van der Waals surface area contributed by atoms with Crippen LogP contribution in [0, 0.1) is 0 Å². The van der Waals surface area contributed by atoms with Gasteiger partial charge >= 0.3 is 0 Å². The third-order valence-corrected chi connectivity index (χ3v) is 10.7. The molecule has 0 spiro atoms. The van der Waals surface area contributed by atoms with Crippen molar-refractivity contribution in [3.8, 4) is 16.9 Å². The first-order chi connectivity index (χ1) is 24.8. The summed E-state index contributed by atoms with van der Waals surface area (Å²) in [6.07, 6.45) is 1.49. The lowest BCUT2D eigenvalue weighted by Crippen LogP contribution is -2.36. The van der Waals surface area contributed by atoms with Gasteiger partial charge < -0.3 is 5.32 Å². The number of benzene rings is 6. The fourth-order valence-electron chi connectivity index (χ4n) is 7.13. The molecule has 10 rings (SSSR count). The smallest absolute Gasteiger partial charge is 0.171 e. The topological polar surface area (TPSA) is 54.6 Å². The highest BCUT2D eigenvalue weighted by molar-refractivity contribution is 7.26. The van der Waals surface area contributed by atoms with Gasteiger partial charge in [0.05, 0.1) is 11.0 Å². The Hall–Kier alpha value is -6.37. The third-order valence-electron chi connectivity index (χ3n) is 9.52. The number of hydrogen-bond donors (Lipinski definition) is 1. The Labute approximate surface area is 292 Å². The lowest BCUT2D eigenvalue weighted by molar-refractivity contribution is 0.750. The number of nitrogens with one attached hydrogen (secondary N) is 1. The summed E-state index contributed by atoms with van der Waals surface area (Å²) in [5.41, 5.74) is 7.63. The lowest BCUT2D eigenvalue weighted by atomic mass is 10.0. The summed E-state index contributed by atoms with van der Waals surface area (Å²) in [6, 6.07) is 55.4. The van der Waals surface area contributed by atoms with E-state index >= 15 is 0 Å². The van der Waals surface area contributed by atoms with Crippen molar-refractivity contribution in [3.05, 3.63) is 181 Å². The van der Waals surface area contributed by atoms with Gasteiger partial charge in [0, 0.05) is 53.8 Å². The standard InChI is InChI=1S/C44H29N5S/c1-3-12-28(13-4-1)42-46-43(29-14-5-2-6-15-29)48-44(47-42)31-23-25-40(45-27-31)49-37-20-9-7-16-33(37)34-24-22-30(26-38(34)49)32-18-11-19-36-35-17-8-10-21-39(35)50-41(32)36/h1-27,44H,(H,46,47,48). The van der Waals surface area contributed by atoms with Gasteiger partial charge in [-0.05, 0) is 41.5 Å². The second-order valence-electron chi connectivity index (χ2n) is 12.5. The number of fused-ring (bicyclic) bond motifs is 6. The molecular formula is C44H29N5S. The first kappa shape index (κ1) is 28.6. The SMILES string of the molecule is c1ccc(C2=NC(c3ccc(-n4c5ccccc5c5ccc(-c6cccc7c6sc6ccccc67)cc54)nc3)N=C(c3ccccc3)N2)cc1. The molecule has 0 unspecified atom stereocenters. The molecule has 1 N–H and O–H groups in total. The monoisotopic (exact) mass is 659 g/mol. The number of aromatic nitrogens is 2. The highest BCUT2D eigenvalue weighted by Gasteiger charge is 2.22. The molecule has 6 aromatic carbocycles. The van der Waals surface area contributed by atoms with E-state index in [2.05, 4.69) is 131 Å². The zero-order chi connectivity index (χ0) is 33.0. The number of rotatable bonds is 5. The van der Waals surface area contributed by atoms with E-state index < -0.39 is 6.17 Å². The average molecular weight is 660 g/mol. The predicted molar refractivity (Wildman–Crippen MR) is 209 cm³/mol. The summed E-state index contributed by atoms with van der Waals surface area (Å²) in [4.78, 5) is 15.2. The van der Waals surface area contributed by atoms with E-state index in [-0.39, 0.29) is 0 Å². The zero-order valence-electron chi connectivity index (χ0n) is 26.9. The molecule has 3 aromatic heterocycles. The van der Waals surface area contributed by atoms with E-state index in [9.17, 15) is 0 Å². The number of pyridine rings is 1. The van der Waals surface area contributed by atoms with Gasteiger partial charge in [-0.15, -0.1) is 11.3 Å². The number of aliphatic imine (C=N–C) groups is 2. The van der Waals surface area contributed by atoms with E-state index in [1.807, 2.05) is 53.9 Å². The summed E-state index contributed by atoms with van der Waals surface area (Å²) < 4.78 is 4.90. The first-order valence-corrected chi connectivity index (χ1v) is 17.5. The van der Waals surface area contributed by atoms with Gasteiger partial charge in [0.15, 0.2) is 6.17 Å². The normalized spacial score (nSPS) is 13.5. The number of hydrogen-bond acceptors (Lipinski definition) is 5. The summed E-state index contributed by atoms with van der Waals surface area (Å²) >= 11 is 1.86. The molecule has 1 aliphatic heterocycles. The molecule has 1 aliphatic rings. The van der Waals surface area contributed by atoms with Crippen LogP contribution in [0.2, 0.25) is 0 Å². The number of nitrogens with zero attached hydrogens (tertiary/aromatic N) is 4. The molecule has 9 aromatic rings. The Morgan fingerprint density at radius 1 is 0.520 bits per heavy atom. The maximum Gasteiger partial charge on any atom is 0.171 e. The summed E-state index contributed by atoms with van der Waals surface area (Å²) in [5, 5.41) is 8.48. The minimum absolute atomic E-state index is 0.435. The summed E-state index contributed by atoms with van der Waals surface area (Å²) in [7, 11) is 0. The summed E-state index contributed by atoms with van der Waals surface area (Å²) in [6.45, 7) is 0. The highest BCUT2D eigenvalue weighted by Crippen LogP contribution is 2.41. The predicted octanol–water partition coefficient (Wildman–Crippen LogP) is 10.7. The third kappa shape index (κ3) is 4.72. The minimum Gasteiger partial charge on any atom is -0.324 e. The van der Waals surface area contributed by atoms with Crippen molar-refractivity contribution in [3.63, 3.8) is 0 Å². The van der Waals surface area contributed by atoms with Crippen LogP contribution in [0.15, 0.2) is 174 Å². The van der Waals surface area contributed by atoms with E-state index in [0.29, 0.717) is 0 Å². The van der Waals surface area contributed by atoms with Crippen molar-refractivity contribution in [2.45, 2.75) is 6.17 Å². The fraction of sp³-hybridized carbons (Fsp3) is 0.0227. The van der Waals surface area contributed by atoms with Gasteiger partial charge in [-0.2, -0.15) is 0 Å². The first-order valence-electron chi connectivity index (χ1n) is 16.7. The van der Waals surface area contributed by atoms with Gasteiger partial charge in [-0.3, -0.25) is 4.57 Å². The van der Waals surface area contributed by atoms with Gasteiger partial charge in [0.2, 0.25) is 0 Å². The average Bonchev–Trinajstić information content (AvgIpc) is 3.74. The van der Waals surface area contributed by atoms with Crippen LogP contribution in [0.25, 0.3) is 58.9 Å². The fourth-order valence-corrected chi connectivity index (χ4v) is 8.36. The molecule has 236 valence electrons. The van der Waals surface area contributed by atoms with Crippen LogP contribution in [0.1, 0.15) is 22.9 Å². The van der Waals surface area contributed by atoms with Gasteiger partial charge in [-0.25, -0.2) is 15.0 Å². The van der Waals surface area contributed by atoms with Crippen molar-refractivity contribution in [2.24, 2.45) is 9.98 Å². The molecule has 6 heteroatoms. The van der Waals surface area contributed by atoms with E-state index in [1.165, 1.54) is 42.1 Å². The van der Waals surface area contributed by atoms with E-state index in [1.54, 1.807) is 0 Å². The van der Waals surface area contributed by atoms with Crippen LogP contribution in [0.3, 0.4) is 0 Å². The Morgan fingerprint density at radius 3 is 1.92 bits per heavy atom. The second kappa shape index (κ2) is 11.7. The van der Waals surface area contributed by atoms with Crippen molar-refractivity contribution in [1.29, 1.82) is 0 Å². The molecular weight excluding hydrogens is 631 g/mol. The van der Waals surface area contributed by atoms with Crippen LogP contribution in [-0.4, -0.2) is 21.2 Å². The lowest BCUT2D eigenvalue weighted by Gasteiger charge is -2.22. The Kier molecular flexibility index (Phi) is 6.67. The van der Waals surface area contributed by atoms with Crippen LogP contribution in [0.5, 0.6) is 0 Å². The quantitative estimate of drug-likeness (QED) is 0.200. The molecule has 50 heavy (non-hydrogen) atoms. The van der Waals surface area contributed by atoms with Crippen LogP contribution in [0.4, 0.5) is 0 Å². The molecule has 0 atom stereocenters. The van der Waals surface area contributed by atoms with Crippen LogP contribution < -0.4 is 5.32 Å². The van der Waals surface area contributed by atoms with Crippen molar-refractivity contribution < 1.29 is 0 Å². The molecule has 0 fully saturated rings. The van der Waals surface area contributed by atoms with Gasteiger partial charge in [0.25, 0.3) is 0 Å². The zero-order valence-corrected chi connectivity index (χ0v) is 27.7. The molecule has 0 bridgehead atoms. The molecule has 0 amide bonds. The molecule has 0 saturated heterocycles. The maximum absolute atomic E-state index is 5.08. The molecule has 0 radical (unpaired) electrons. The number of thiophene rings is 1. The molecule has 5 nitrogen and oxygen atoms in total. The Morgan fingerprint density at radius 2 is 1.18 bits per heavy atom. The largest absolute Gasteiger partial charge is 0.324 e. The second-order valence-corrected chi connectivity index (χ2v) is 13.6. The Balaban J connectivity index is 1.10. The van der Waals surface area contributed by atoms with Crippen molar-refractivity contribution in [2.75, 3.05) is 0 Å². The summed E-state index contributed by atoms with van der Waals surface area (Å²) in [5.74, 6) is 2.43. The van der Waals surface area contributed by atoms with Crippen molar-refractivity contribution >= 4 is 65.0 Å². The van der Waals surface area contributed by atoms with Gasteiger partial charge in [-0.1, -0.05) is 127 Å². The van der Waals surface area contributed by atoms with E-state index in [4.69, 9.17) is 15.0 Å². The van der Waals surface area contributed by atoms with Gasteiger partial charge in [0.1, 0.15) is 17.5 Å².